The highest BCUT2D eigenvalue weighted by Gasteiger charge is 2.09. The quantitative estimate of drug-likeness (QED) is 0.479. The molecule has 2 aromatic carbocycles. The van der Waals surface area contributed by atoms with Gasteiger partial charge in [0.15, 0.2) is 0 Å². The van der Waals surface area contributed by atoms with Gasteiger partial charge in [-0.15, -0.1) is 11.8 Å². The third kappa shape index (κ3) is 4.64. The summed E-state index contributed by atoms with van der Waals surface area (Å²) in [5, 5.41) is 0.638. The zero-order valence-corrected chi connectivity index (χ0v) is 15.7. The minimum Gasteiger partial charge on any atom is -0.494 e. The molecule has 0 aliphatic carbocycles. The number of nitrogens with zero attached hydrogens (tertiary/aromatic N) is 1. The molecule has 1 aromatic heterocycles. The van der Waals surface area contributed by atoms with Crippen LogP contribution < -0.4 is 15.6 Å². The Morgan fingerprint density at radius 1 is 1.24 bits per heavy atom. The molecular weight excluding hydrogens is 354 g/mol. The lowest BCUT2D eigenvalue weighted by molar-refractivity contribution is -0.120. The Labute approximate surface area is 154 Å². The van der Waals surface area contributed by atoms with Crippen molar-refractivity contribution in [2.45, 2.75) is 18.2 Å². The summed E-state index contributed by atoms with van der Waals surface area (Å²) in [4.78, 5) is 17.6. The van der Waals surface area contributed by atoms with Crippen LogP contribution in [0.5, 0.6) is 5.75 Å². The van der Waals surface area contributed by atoms with Crippen LogP contribution in [0.25, 0.3) is 10.2 Å². The smallest absolute Gasteiger partial charge is 0.239 e. The van der Waals surface area contributed by atoms with Gasteiger partial charge in [-0.3, -0.25) is 15.6 Å². The van der Waals surface area contributed by atoms with Crippen LogP contribution in [0.4, 0.5) is 5.13 Å². The number of nitrogens with one attached hydrogen (secondary N) is 2. The number of ether oxygens (including phenoxy) is 1. The van der Waals surface area contributed by atoms with Gasteiger partial charge in [0, 0.05) is 17.1 Å². The number of fused-ring (bicyclic) bond motifs is 1. The topological polar surface area (TPSA) is 63.2 Å². The maximum absolute atomic E-state index is 12.0. The van der Waals surface area contributed by atoms with Gasteiger partial charge in [-0.25, -0.2) is 4.98 Å². The molecule has 0 saturated carbocycles. The molecule has 3 rings (SSSR count). The van der Waals surface area contributed by atoms with Crippen molar-refractivity contribution in [3.8, 4) is 5.75 Å². The van der Waals surface area contributed by atoms with Gasteiger partial charge in [-0.2, -0.15) is 0 Å². The zero-order chi connectivity index (χ0) is 17.6. The van der Waals surface area contributed by atoms with E-state index in [1.165, 1.54) is 21.8 Å². The van der Waals surface area contributed by atoms with Crippen LogP contribution in [-0.4, -0.2) is 23.8 Å². The summed E-state index contributed by atoms with van der Waals surface area (Å²) >= 11 is 3.14. The molecule has 130 valence electrons. The van der Waals surface area contributed by atoms with E-state index in [1.807, 2.05) is 18.2 Å². The summed E-state index contributed by atoms with van der Waals surface area (Å²) in [7, 11) is 1.62. The minimum absolute atomic E-state index is 0.0640. The molecule has 0 aliphatic rings. The number of hydrogen-bond donors (Lipinski definition) is 2. The molecule has 0 fully saturated rings. The molecule has 7 heteroatoms. The lowest BCUT2D eigenvalue weighted by Crippen LogP contribution is -2.29. The Kier molecular flexibility index (Phi) is 5.78. The second-order valence-electron chi connectivity index (χ2n) is 5.41. The van der Waals surface area contributed by atoms with E-state index in [0.29, 0.717) is 11.6 Å². The number of aromatic nitrogens is 1. The SMILES string of the molecule is COc1cccc2sc(NNC(=O)CCSc3ccc(C)cc3)nc12. The fourth-order valence-electron chi connectivity index (χ4n) is 2.22. The van der Waals surface area contributed by atoms with Gasteiger partial charge in [-0.05, 0) is 31.2 Å². The number of hydrogen-bond acceptors (Lipinski definition) is 6. The van der Waals surface area contributed by atoms with Crippen molar-refractivity contribution in [1.82, 2.24) is 10.4 Å². The molecule has 0 bridgehead atoms. The van der Waals surface area contributed by atoms with Crippen LogP contribution in [0.1, 0.15) is 12.0 Å². The molecule has 0 atom stereocenters. The third-order valence-electron chi connectivity index (χ3n) is 3.53. The number of carbonyl (C=O) groups is 1. The lowest BCUT2D eigenvalue weighted by Gasteiger charge is -2.05. The molecule has 0 saturated heterocycles. The van der Waals surface area contributed by atoms with Gasteiger partial charge < -0.3 is 4.74 Å². The van der Waals surface area contributed by atoms with Gasteiger partial charge in [0.05, 0.1) is 11.8 Å². The number of hydrazine groups is 1. The Bertz CT molecular complexity index is 862. The van der Waals surface area contributed by atoms with Crippen molar-refractivity contribution in [3.05, 3.63) is 48.0 Å². The first-order valence-corrected chi connectivity index (χ1v) is 9.64. The second-order valence-corrected chi connectivity index (χ2v) is 7.61. The summed E-state index contributed by atoms with van der Waals surface area (Å²) < 4.78 is 6.30. The first-order valence-electron chi connectivity index (χ1n) is 7.83. The zero-order valence-electron chi connectivity index (χ0n) is 14.0. The van der Waals surface area contributed by atoms with Gasteiger partial charge in [0.1, 0.15) is 11.3 Å². The summed E-state index contributed by atoms with van der Waals surface area (Å²) in [6.45, 7) is 2.06. The monoisotopic (exact) mass is 373 g/mol. The molecule has 0 unspecified atom stereocenters. The predicted molar refractivity (Wildman–Crippen MR) is 104 cm³/mol. The van der Waals surface area contributed by atoms with Crippen molar-refractivity contribution in [3.63, 3.8) is 0 Å². The van der Waals surface area contributed by atoms with Crippen LogP contribution >= 0.6 is 23.1 Å². The first-order chi connectivity index (χ1) is 12.2. The number of rotatable bonds is 7. The first kappa shape index (κ1) is 17.6. The van der Waals surface area contributed by atoms with Crippen molar-refractivity contribution in [2.24, 2.45) is 0 Å². The number of para-hydroxylation sites is 1. The molecular formula is C18H19N3O2S2. The third-order valence-corrected chi connectivity index (χ3v) is 5.48. The Hall–Kier alpha value is -2.25. The van der Waals surface area contributed by atoms with Crippen molar-refractivity contribution in [1.29, 1.82) is 0 Å². The minimum atomic E-state index is -0.0640. The molecule has 25 heavy (non-hydrogen) atoms. The highest BCUT2D eigenvalue weighted by atomic mass is 32.2. The summed E-state index contributed by atoms with van der Waals surface area (Å²) in [6, 6.07) is 14.1. The van der Waals surface area contributed by atoms with E-state index >= 15 is 0 Å². The molecule has 0 aliphatic heterocycles. The fourth-order valence-corrected chi connectivity index (χ4v) is 3.91. The number of aryl methyl sites for hydroxylation is 1. The molecule has 0 radical (unpaired) electrons. The summed E-state index contributed by atoms with van der Waals surface area (Å²) in [6.07, 6.45) is 0.430. The normalized spacial score (nSPS) is 10.6. The number of thioether (sulfide) groups is 1. The Balaban J connectivity index is 1.48. The van der Waals surface area contributed by atoms with Crippen LogP contribution in [0.3, 0.4) is 0 Å². The van der Waals surface area contributed by atoms with Crippen molar-refractivity contribution in [2.75, 3.05) is 18.3 Å². The standard InChI is InChI=1S/C18H19N3O2S2/c1-12-6-8-13(9-7-12)24-11-10-16(22)20-21-18-19-17-14(23-2)4-3-5-15(17)25-18/h3-9H,10-11H2,1-2H3,(H,19,21)(H,20,22). The van der Waals surface area contributed by atoms with E-state index in [9.17, 15) is 4.79 Å². The number of methoxy groups -OCH3 is 1. The number of thiazole rings is 1. The van der Waals surface area contributed by atoms with Gasteiger partial charge in [0.25, 0.3) is 0 Å². The average Bonchev–Trinajstić information content (AvgIpc) is 3.04. The van der Waals surface area contributed by atoms with E-state index in [-0.39, 0.29) is 5.91 Å². The molecule has 5 nitrogen and oxygen atoms in total. The fraction of sp³-hybridized carbons (Fsp3) is 0.222. The van der Waals surface area contributed by atoms with E-state index in [2.05, 4.69) is 47.0 Å². The van der Waals surface area contributed by atoms with Gasteiger partial charge in [-0.1, -0.05) is 35.1 Å². The van der Waals surface area contributed by atoms with Gasteiger partial charge in [0.2, 0.25) is 11.0 Å². The lowest BCUT2D eigenvalue weighted by atomic mass is 10.2. The van der Waals surface area contributed by atoms with Crippen LogP contribution in [-0.2, 0) is 4.79 Å². The maximum Gasteiger partial charge on any atom is 0.239 e. The average molecular weight is 374 g/mol. The number of carbonyl (C=O) groups excluding carboxylic acids is 1. The summed E-state index contributed by atoms with van der Waals surface area (Å²) in [5.41, 5.74) is 7.61. The number of benzene rings is 2. The van der Waals surface area contributed by atoms with E-state index in [4.69, 9.17) is 4.74 Å². The van der Waals surface area contributed by atoms with Crippen LogP contribution in [0.2, 0.25) is 0 Å². The summed E-state index contributed by atoms with van der Waals surface area (Å²) in [5.74, 6) is 1.39. The van der Waals surface area contributed by atoms with Crippen molar-refractivity contribution < 1.29 is 9.53 Å². The highest BCUT2D eigenvalue weighted by Crippen LogP contribution is 2.31. The molecule has 1 heterocycles. The molecule has 1 amide bonds. The number of amides is 1. The Morgan fingerprint density at radius 2 is 2.04 bits per heavy atom. The van der Waals surface area contributed by atoms with Crippen LogP contribution in [0, 0.1) is 6.92 Å². The second kappa shape index (κ2) is 8.22. The number of anilines is 1. The maximum atomic E-state index is 12.0. The molecule has 0 spiro atoms. The predicted octanol–water partition coefficient (Wildman–Crippen LogP) is 4.24. The van der Waals surface area contributed by atoms with E-state index in [1.54, 1.807) is 18.9 Å². The van der Waals surface area contributed by atoms with Crippen molar-refractivity contribution >= 4 is 44.4 Å². The largest absolute Gasteiger partial charge is 0.494 e. The van der Waals surface area contributed by atoms with Gasteiger partial charge >= 0.3 is 0 Å². The van der Waals surface area contributed by atoms with E-state index < -0.39 is 0 Å². The molecule has 3 aromatic rings. The highest BCUT2D eigenvalue weighted by molar-refractivity contribution is 7.99. The Morgan fingerprint density at radius 3 is 2.80 bits per heavy atom. The van der Waals surface area contributed by atoms with E-state index in [0.717, 1.165) is 21.7 Å². The van der Waals surface area contributed by atoms with Crippen LogP contribution in [0.15, 0.2) is 47.4 Å². The molecule has 2 N–H and O–H groups in total.